The molecule has 9 rings (SSSR count). The number of carboxylic acid groups (broad SMARTS) is 1. The molecule has 0 bridgehead atoms. The van der Waals surface area contributed by atoms with Gasteiger partial charge in [-0.15, -0.1) is 11.8 Å². The number of thioether (sulfide) groups is 1. The molecular formula is C96H122N16O19S. The second-order valence-electron chi connectivity index (χ2n) is 34.4. The van der Waals surface area contributed by atoms with Gasteiger partial charge in [0.15, 0.2) is 0 Å². The molecule has 132 heavy (non-hydrogen) atoms. The number of H-pyrrole nitrogens is 1. The number of carbonyl (C=O) groups is 16. The maximum Gasteiger partial charge on any atom is 0.305 e. The molecule has 15 N–H and O–H groups in total. The van der Waals surface area contributed by atoms with Gasteiger partial charge in [-0.1, -0.05) is 181 Å². The topological polar surface area (TPSA) is 500 Å². The number of para-hydroxylation sites is 1. The van der Waals surface area contributed by atoms with Crippen LogP contribution in [0.5, 0.6) is 11.5 Å². The second-order valence-corrected chi connectivity index (χ2v) is 35.4. The maximum absolute atomic E-state index is 15.9. The largest absolute Gasteiger partial charge is 0.508 e. The van der Waals surface area contributed by atoms with Gasteiger partial charge in [-0.05, 0) is 108 Å². The van der Waals surface area contributed by atoms with E-state index in [0.717, 1.165) is 21.6 Å². The lowest BCUT2D eigenvalue weighted by molar-refractivity contribution is -0.151. The van der Waals surface area contributed by atoms with Gasteiger partial charge >= 0.3 is 5.97 Å². The lowest BCUT2D eigenvalue weighted by Gasteiger charge is -2.38. The Kier molecular flexibility index (Phi) is 38.2. The van der Waals surface area contributed by atoms with Gasteiger partial charge in [0.05, 0.1) is 25.3 Å². The van der Waals surface area contributed by atoms with Crippen molar-refractivity contribution in [3.05, 3.63) is 203 Å². The van der Waals surface area contributed by atoms with Gasteiger partial charge < -0.3 is 98.4 Å². The molecule has 0 unspecified atom stereocenters. The summed E-state index contributed by atoms with van der Waals surface area (Å²) >= 11 is 0.835. The maximum atomic E-state index is 15.9. The van der Waals surface area contributed by atoms with E-state index in [4.69, 9.17) is 5.73 Å². The Morgan fingerprint density at radius 3 is 1.54 bits per heavy atom. The number of carbonyl (C=O) groups excluding carboxylic acids is 15. The van der Waals surface area contributed by atoms with Crippen LogP contribution in [0.15, 0.2) is 170 Å². The average molecular weight is 1840 g/mol. The third kappa shape index (κ3) is 29.7. The monoisotopic (exact) mass is 1830 g/mol. The Morgan fingerprint density at radius 1 is 0.485 bits per heavy atom. The Hall–Kier alpha value is -13.7. The minimum Gasteiger partial charge on any atom is -0.508 e. The van der Waals surface area contributed by atoms with Crippen molar-refractivity contribution in [1.29, 1.82) is 0 Å². The van der Waals surface area contributed by atoms with Gasteiger partial charge in [-0.3, -0.25) is 76.7 Å². The quantitative estimate of drug-likeness (QED) is 0.0437. The van der Waals surface area contributed by atoms with Crippen LogP contribution in [0.2, 0.25) is 0 Å². The number of rotatable bonds is 23. The highest BCUT2D eigenvalue weighted by molar-refractivity contribution is 8.00. The summed E-state index contributed by atoms with van der Waals surface area (Å²) in [5.41, 5.74) is 9.22. The molecular weight excluding hydrogens is 1710 g/mol. The number of aromatic nitrogens is 1. The van der Waals surface area contributed by atoms with Crippen LogP contribution in [0.1, 0.15) is 119 Å². The highest BCUT2D eigenvalue weighted by atomic mass is 32.2. The molecule has 0 aliphatic carbocycles. The third-order valence-electron chi connectivity index (χ3n) is 23.4. The van der Waals surface area contributed by atoms with Crippen molar-refractivity contribution in [2.75, 3.05) is 59.3 Å². The number of hydrogen-bond acceptors (Lipinski definition) is 19. The van der Waals surface area contributed by atoms with Gasteiger partial charge in [0.1, 0.15) is 84.0 Å². The molecule has 0 radical (unpaired) electrons. The van der Waals surface area contributed by atoms with E-state index < -0.39 is 198 Å². The first-order valence-corrected chi connectivity index (χ1v) is 45.5. The lowest BCUT2D eigenvalue weighted by atomic mass is 9.96. The van der Waals surface area contributed by atoms with E-state index in [2.05, 4.69) is 52.8 Å². The number of nitrogens with one attached hydrogen (secondary N) is 10. The number of amides is 15. The number of aromatic amines is 1. The molecule has 3 heterocycles. The Balaban J connectivity index is 1.13. The number of nitrogens with zero attached hydrogens (tertiary/aromatic N) is 5. The molecule has 7 aromatic rings. The minimum absolute atomic E-state index is 0.0303. The predicted molar refractivity (Wildman–Crippen MR) is 494 cm³/mol. The fraction of sp³-hybridized carbons (Fsp3) is 0.438. The molecule has 2 aliphatic heterocycles. The molecule has 36 heteroatoms. The summed E-state index contributed by atoms with van der Waals surface area (Å²) in [6, 6.07) is 26.3. The summed E-state index contributed by atoms with van der Waals surface area (Å²) in [4.78, 5) is 246. The SMILES string of the molecule is CCCC[C@H]1C(=O)N(C)CC(=O)N[C@@H](CC(=O)O)C(=O)N[C@@H](C(C)C)C(=O)N(C)[C@@H](Cc2ccccc2)C(=O)N[C@@H](Cc2ccc(O)cc2)C(=O)N2CCCC[C@@H]2C(=O)N[C@@H](Cc2c[nH]c3ccccc23)C(=O)N[C@@H](Cc2ccc(O)cc2)C(=O)N[C@@H](CC(C)C)C(=O)N[C@H](C(=O)NCC(N)=O)CSCC(=O)N[C@@H](Cc2ccccc2)C(=O)N(C)[C@@H](Cc2ccccc2)C(=O)N1C. The number of fused-ring (bicyclic) bond motifs is 2. The first kappa shape index (κ1) is 102. The van der Waals surface area contributed by atoms with Crippen molar-refractivity contribution in [2.45, 2.75) is 197 Å². The van der Waals surface area contributed by atoms with Crippen molar-refractivity contribution in [3.8, 4) is 11.5 Å². The van der Waals surface area contributed by atoms with E-state index >= 15 is 47.9 Å². The van der Waals surface area contributed by atoms with Crippen molar-refractivity contribution in [3.63, 3.8) is 0 Å². The molecule has 35 nitrogen and oxygen atoms in total. The molecule has 0 saturated carbocycles. The number of likely N-dealkylation sites (N-methyl/N-ethyl adjacent to an activating group) is 4. The average Bonchev–Trinajstić information content (AvgIpc) is 0.888. The number of aliphatic carboxylic acids is 1. The minimum atomic E-state index is -1.90. The van der Waals surface area contributed by atoms with Crippen LogP contribution < -0.4 is 53.6 Å². The third-order valence-corrected chi connectivity index (χ3v) is 24.4. The van der Waals surface area contributed by atoms with Crippen molar-refractivity contribution >= 4 is 117 Å². The van der Waals surface area contributed by atoms with Crippen LogP contribution in [0.3, 0.4) is 0 Å². The number of aromatic hydroxyl groups is 2. The summed E-state index contributed by atoms with van der Waals surface area (Å²) in [5, 5.41) is 56.3. The zero-order valence-electron chi connectivity index (χ0n) is 75.8. The number of primary amides is 1. The number of benzene rings is 6. The molecule has 15 amide bonds. The Morgan fingerprint density at radius 2 is 0.970 bits per heavy atom. The number of unbranched alkanes of at least 4 members (excludes halogenated alkanes) is 1. The van der Waals surface area contributed by atoms with Gasteiger partial charge in [-0.25, -0.2) is 0 Å². The van der Waals surface area contributed by atoms with E-state index in [0.29, 0.717) is 70.0 Å². The smallest absolute Gasteiger partial charge is 0.305 e. The van der Waals surface area contributed by atoms with Crippen LogP contribution in [-0.2, 0) is 115 Å². The van der Waals surface area contributed by atoms with Gasteiger partial charge in [0.25, 0.3) is 0 Å². The Bertz CT molecular complexity index is 5180. The zero-order chi connectivity index (χ0) is 96.0. The molecule has 2 fully saturated rings. The number of carboxylic acids is 1. The summed E-state index contributed by atoms with van der Waals surface area (Å²) in [6.45, 7) is 6.96. The summed E-state index contributed by atoms with van der Waals surface area (Å²) in [5.74, 6) is -17.1. The Labute approximate surface area is 771 Å². The molecule has 2 aliphatic rings. The van der Waals surface area contributed by atoms with Crippen LogP contribution in [0.4, 0.5) is 0 Å². The molecule has 12 atom stereocenters. The predicted octanol–water partition coefficient (Wildman–Crippen LogP) is 3.25. The highest BCUT2D eigenvalue weighted by Crippen LogP contribution is 2.27. The molecule has 2 saturated heterocycles. The zero-order valence-corrected chi connectivity index (χ0v) is 76.6. The standard InChI is InChI=1S/C96H122N16O19S/c1-10-11-33-77-94(129)108(6)54-81(116)100-72(51-83(118)119)89(124)107-84(58(4)5)96(131)110(8)78(48-60-27-17-13-18-28-60)91(126)105-74(47-63-37-41-66(114)42-38-63)93(128)112-43-24-23-34-76(112)90(125)104-71(50-64-52-98-68-32-22-21-31-67(64)68)88(123)103-70(45-62-35-39-65(113)40-36-62)87(122)102-69(44-57(2)3)86(121)106-75(85(120)99-53-80(97)115)55-132-56-82(117)101-73(46-59-25-15-12-16-26-59)92(127)111(9)79(95(130)109(77)7)49-61-29-19-14-20-30-61/h12-22,25-32,35-42,52,57-58,69-79,84,98,113-114H,10-11,23-24,33-34,43-51,53-56H2,1-9H3,(H2,97,115)(H,99,120)(H,100,116)(H,101,117)(H,102,122)(H,103,123)(H,104,125)(H,105,126)(H,106,121)(H,107,124)(H,118,119)/t69-,70-,71-,72-,73-,74-,75-,76+,77-,78-,79-,84-/m0/s1. The number of nitrogens with two attached hydrogens (primary N) is 1. The first-order valence-electron chi connectivity index (χ1n) is 44.3. The van der Waals surface area contributed by atoms with E-state index in [9.17, 15) is 44.1 Å². The van der Waals surface area contributed by atoms with Crippen LogP contribution in [0.25, 0.3) is 10.9 Å². The van der Waals surface area contributed by atoms with Crippen LogP contribution in [-0.4, -0.2) is 271 Å². The first-order chi connectivity index (χ1) is 63.0. The van der Waals surface area contributed by atoms with Crippen LogP contribution >= 0.6 is 11.8 Å². The van der Waals surface area contributed by atoms with E-state index in [1.165, 1.54) is 91.4 Å². The van der Waals surface area contributed by atoms with E-state index in [1.807, 2.05) is 6.92 Å². The molecule has 6 aromatic carbocycles. The number of phenols is 2. The van der Waals surface area contributed by atoms with Crippen molar-refractivity contribution in [1.82, 2.24) is 77.3 Å². The lowest BCUT2D eigenvalue weighted by Crippen LogP contribution is -2.63. The van der Waals surface area contributed by atoms with Gasteiger partial charge in [-0.2, -0.15) is 0 Å². The summed E-state index contributed by atoms with van der Waals surface area (Å²) in [6.07, 6.45) is 0.979. The number of hydrogen-bond donors (Lipinski definition) is 14. The summed E-state index contributed by atoms with van der Waals surface area (Å²) < 4.78 is 0. The van der Waals surface area contributed by atoms with Gasteiger partial charge in [0, 0.05) is 96.1 Å². The number of piperidine rings is 1. The molecule has 1 aromatic heterocycles. The van der Waals surface area contributed by atoms with Crippen molar-refractivity contribution in [2.24, 2.45) is 17.6 Å². The molecule has 0 spiro atoms. The number of phenolic OH excluding ortho intramolecular Hbond substituents is 2. The summed E-state index contributed by atoms with van der Waals surface area (Å²) in [7, 11) is 5.31. The van der Waals surface area contributed by atoms with Crippen molar-refractivity contribution < 1.29 is 92.0 Å². The van der Waals surface area contributed by atoms with E-state index in [-0.39, 0.29) is 87.5 Å². The normalized spacial score (nSPS) is 22.8. The van der Waals surface area contributed by atoms with Gasteiger partial charge in [0.2, 0.25) is 88.6 Å². The second kappa shape index (κ2) is 49.4. The fourth-order valence-corrected chi connectivity index (χ4v) is 16.9. The highest BCUT2D eigenvalue weighted by Gasteiger charge is 2.44. The van der Waals surface area contributed by atoms with E-state index in [1.54, 1.807) is 149 Å². The van der Waals surface area contributed by atoms with Crippen LogP contribution in [0, 0.1) is 11.8 Å². The fourth-order valence-electron chi connectivity index (χ4n) is 16.1. The molecule has 706 valence electrons.